The fourth-order valence-corrected chi connectivity index (χ4v) is 1.44. The third-order valence-corrected chi connectivity index (χ3v) is 2.53. The number of benzene rings is 1. The van der Waals surface area contributed by atoms with Crippen molar-refractivity contribution in [3.05, 3.63) is 24.3 Å². The first kappa shape index (κ1) is 21.1. The van der Waals surface area contributed by atoms with Gasteiger partial charge in [0.05, 0.1) is 19.3 Å². The van der Waals surface area contributed by atoms with Gasteiger partial charge >= 0.3 is 0 Å². The summed E-state index contributed by atoms with van der Waals surface area (Å²) in [7, 11) is 1.60. The minimum absolute atomic E-state index is 0. The Balaban J connectivity index is 0. The third-order valence-electron chi connectivity index (χ3n) is 2.53. The van der Waals surface area contributed by atoms with Crippen molar-refractivity contribution in [3.8, 4) is 5.75 Å². The topological polar surface area (TPSA) is 76.4 Å². The molecule has 0 radical (unpaired) electrons. The molecule has 0 saturated carbocycles. The molecule has 116 valence electrons. The van der Waals surface area contributed by atoms with Crippen LogP contribution in [0.1, 0.15) is 13.8 Å². The van der Waals surface area contributed by atoms with E-state index in [0.717, 1.165) is 5.69 Å². The Bertz CT molecular complexity index is 414. The van der Waals surface area contributed by atoms with Crippen LogP contribution >= 0.6 is 24.8 Å². The number of rotatable bonds is 6. The summed E-state index contributed by atoms with van der Waals surface area (Å²) in [6.45, 7) is 4.35. The summed E-state index contributed by atoms with van der Waals surface area (Å²) in [6.07, 6.45) is 0. The standard InChI is InChI=1S/C13H21N3O2.2ClH/c1-13(2,9-14)16-12(17)8-15-10-6-4-5-7-11(10)18-3;;/h4-7,15H,8-9,14H2,1-3H3,(H,16,17);2*1H. The lowest BCUT2D eigenvalue weighted by Crippen LogP contribution is -2.50. The Kier molecular flexibility index (Phi) is 10.2. The van der Waals surface area contributed by atoms with Crippen LogP contribution in [0.4, 0.5) is 5.69 Å². The largest absolute Gasteiger partial charge is 0.495 e. The molecule has 0 aromatic heterocycles. The van der Waals surface area contributed by atoms with Crippen LogP contribution < -0.4 is 21.1 Å². The van der Waals surface area contributed by atoms with Crippen molar-refractivity contribution in [1.29, 1.82) is 0 Å². The van der Waals surface area contributed by atoms with Crippen LogP contribution in [0, 0.1) is 0 Å². The van der Waals surface area contributed by atoms with Crippen molar-refractivity contribution >= 4 is 36.4 Å². The van der Waals surface area contributed by atoms with E-state index in [-0.39, 0.29) is 42.8 Å². The van der Waals surface area contributed by atoms with E-state index < -0.39 is 0 Å². The lowest BCUT2D eigenvalue weighted by molar-refractivity contribution is -0.120. The molecule has 0 heterocycles. The highest BCUT2D eigenvalue weighted by Gasteiger charge is 2.17. The van der Waals surface area contributed by atoms with E-state index in [4.69, 9.17) is 10.5 Å². The maximum Gasteiger partial charge on any atom is 0.239 e. The Morgan fingerprint density at radius 1 is 1.30 bits per heavy atom. The molecule has 20 heavy (non-hydrogen) atoms. The summed E-state index contributed by atoms with van der Waals surface area (Å²) >= 11 is 0. The van der Waals surface area contributed by atoms with Gasteiger partial charge in [-0.1, -0.05) is 12.1 Å². The summed E-state index contributed by atoms with van der Waals surface area (Å²) in [4.78, 5) is 11.7. The molecule has 4 N–H and O–H groups in total. The molecule has 0 atom stereocenters. The number of nitrogens with one attached hydrogen (secondary N) is 2. The van der Waals surface area contributed by atoms with E-state index in [1.54, 1.807) is 7.11 Å². The fraction of sp³-hybridized carbons (Fsp3) is 0.462. The first-order valence-electron chi connectivity index (χ1n) is 5.86. The van der Waals surface area contributed by atoms with Crippen LogP contribution in [0.25, 0.3) is 0 Å². The van der Waals surface area contributed by atoms with Gasteiger partial charge in [0, 0.05) is 12.1 Å². The van der Waals surface area contributed by atoms with E-state index in [1.165, 1.54) is 0 Å². The second-order valence-corrected chi connectivity index (χ2v) is 4.69. The number of para-hydroxylation sites is 2. The second kappa shape index (κ2) is 9.69. The number of carbonyl (C=O) groups is 1. The molecule has 0 saturated heterocycles. The molecular formula is C13H23Cl2N3O2. The summed E-state index contributed by atoms with van der Waals surface area (Å²) in [5.74, 6) is 0.611. The third kappa shape index (κ3) is 6.84. The van der Waals surface area contributed by atoms with E-state index in [2.05, 4.69) is 10.6 Å². The molecule has 5 nitrogen and oxygen atoms in total. The number of nitrogens with two attached hydrogens (primary N) is 1. The molecule has 0 spiro atoms. The van der Waals surface area contributed by atoms with Gasteiger partial charge in [0.2, 0.25) is 5.91 Å². The number of hydrogen-bond acceptors (Lipinski definition) is 4. The number of carbonyl (C=O) groups excluding carboxylic acids is 1. The van der Waals surface area contributed by atoms with Crippen molar-refractivity contribution in [2.24, 2.45) is 5.73 Å². The van der Waals surface area contributed by atoms with E-state index >= 15 is 0 Å². The van der Waals surface area contributed by atoms with Crippen molar-refractivity contribution in [2.45, 2.75) is 19.4 Å². The normalized spacial score (nSPS) is 9.80. The average molecular weight is 324 g/mol. The highest BCUT2D eigenvalue weighted by Crippen LogP contribution is 2.22. The highest BCUT2D eigenvalue weighted by molar-refractivity contribution is 5.85. The van der Waals surface area contributed by atoms with E-state index in [1.807, 2.05) is 38.1 Å². The minimum Gasteiger partial charge on any atom is -0.495 e. The molecule has 1 amide bonds. The van der Waals surface area contributed by atoms with Crippen LogP contribution in [-0.4, -0.2) is 31.6 Å². The molecule has 0 aliphatic rings. The summed E-state index contributed by atoms with van der Waals surface area (Å²) in [6, 6.07) is 7.46. The summed E-state index contributed by atoms with van der Waals surface area (Å²) in [5, 5.41) is 5.88. The predicted molar refractivity (Wildman–Crippen MR) is 87.3 cm³/mol. The quantitative estimate of drug-likeness (QED) is 0.746. The van der Waals surface area contributed by atoms with E-state index in [9.17, 15) is 4.79 Å². The van der Waals surface area contributed by atoms with Crippen molar-refractivity contribution in [1.82, 2.24) is 5.32 Å². The monoisotopic (exact) mass is 323 g/mol. The van der Waals surface area contributed by atoms with Gasteiger partial charge in [-0.3, -0.25) is 4.79 Å². The lowest BCUT2D eigenvalue weighted by Gasteiger charge is -2.24. The minimum atomic E-state index is -0.389. The second-order valence-electron chi connectivity index (χ2n) is 4.69. The van der Waals surface area contributed by atoms with Gasteiger partial charge in [-0.15, -0.1) is 24.8 Å². The van der Waals surface area contributed by atoms with E-state index in [0.29, 0.717) is 12.3 Å². The fourth-order valence-electron chi connectivity index (χ4n) is 1.44. The number of methoxy groups -OCH3 is 1. The van der Waals surface area contributed by atoms with Crippen molar-refractivity contribution < 1.29 is 9.53 Å². The zero-order chi connectivity index (χ0) is 13.6. The van der Waals surface area contributed by atoms with Crippen LogP contribution in [0.2, 0.25) is 0 Å². The van der Waals surface area contributed by atoms with Gasteiger partial charge < -0.3 is 21.1 Å². The molecule has 1 aromatic carbocycles. The molecule has 0 unspecified atom stereocenters. The van der Waals surface area contributed by atoms with Gasteiger partial charge in [0.15, 0.2) is 0 Å². The zero-order valence-electron chi connectivity index (χ0n) is 11.9. The first-order chi connectivity index (χ1) is 8.48. The van der Waals surface area contributed by atoms with Gasteiger partial charge in [-0.05, 0) is 26.0 Å². The summed E-state index contributed by atoms with van der Waals surface area (Å²) < 4.78 is 5.19. The Hall–Kier alpha value is -1.17. The molecule has 0 aliphatic carbocycles. The Labute approximate surface area is 132 Å². The number of ether oxygens (including phenoxy) is 1. The number of amides is 1. The molecule has 1 aromatic rings. The summed E-state index contributed by atoms with van der Waals surface area (Å²) in [5.41, 5.74) is 5.96. The maximum atomic E-state index is 11.7. The maximum absolute atomic E-state index is 11.7. The van der Waals surface area contributed by atoms with Crippen LogP contribution in [-0.2, 0) is 4.79 Å². The molecule has 7 heteroatoms. The van der Waals surface area contributed by atoms with Crippen LogP contribution in [0.5, 0.6) is 5.75 Å². The van der Waals surface area contributed by atoms with Gasteiger partial charge in [-0.25, -0.2) is 0 Å². The first-order valence-corrected chi connectivity index (χ1v) is 5.86. The number of hydrogen-bond donors (Lipinski definition) is 3. The Morgan fingerprint density at radius 3 is 2.45 bits per heavy atom. The van der Waals surface area contributed by atoms with Crippen LogP contribution in [0.15, 0.2) is 24.3 Å². The SMILES string of the molecule is COc1ccccc1NCC(=O)NC(C)(C)CN.Cl.Cl. The molecule has 0 aliphatic heterocycles. The number of halogens is 2. The molecule has 0 bridgehead atoms. The van der Waals surface area contributed by atoms with Gasteiger partial charge in [0.1, 0.15) is 5.75 Å². The zero-order valence-corrected chi connectivity index (χ0v) is 13.6. The van der Waals surface area contributed by atoms with Gasteiger partial charge in [-0.2, -0.15) is 0 Å². The van der Waals surface area contributed by atoms with Crippen molar-refractivity contribution in [2.75, 3.05) is 25.5 Å². The lowest BCUT2D eigenvalue weighted by atomic mass is 10.1. The average Bonchev–Trinajstić information content (AvgIpc) is 2.36. The van der Waals surface area contributed by atoms with Gasteiger partial charge in [0.25, 0.3) is 0 Å². The highest BCUT2D eigenvalue weighted by atomic mass is 35.5. The molecule has 1 rings (SSSR count). The molecule has 0 fully saturated rings. The predicted octanol–water partition coefficient (Wildman–Crippen LogP) is 1.80. The molecular weight excluding hydrogens is 301 g/mol. The Morgan fingerprint density at radius 2 is 1.90 bits per heavy atom. The number of anilines is 1. The van der Waals surface area contributed by atoms with Crippen molar-refractivity contribution in [3.63, 3.8) is 0 Å². The smallest absolute Gasteiger partial charge is 0.239 e. The van der Waals surface area contributed by atoms with Crippen LogP contribution in [0.3, 0.4) is 0 Å².